The molecular formula is C24H27N3O3S. The Morgan fingerprint density at radius 3 is 2.26 bits per heavy atom. The molecule has 1 aliphatic rings. The number of allylic oxidation sites excluding steroid dienone is 1. The molecule has 0 spiro atoms. The topological polar surface area (TPSA) is 61.9 Å². The number of methoxy groups -OCH3 is 1. The lowest BCUT2D eigenvalue weighted by Crippen LogP contribution is -2.49. The second-order valence-electron chi connectivity index (χ2n) is 7.84. The molecule has 0 aromatic heterocycles. The molecule has 0 fully saturated rings. The summed E-state index contributed by atoms with van der Waals surface area (Å²) in [7, 11) is 4.76. The van der Waals surface area contributed by atoms with Crippen molar-refractivity contribution >= 4 is 34.9 Å². The molecule has 0 bridgehead atoms. The Kier molecular flexibility index (Phi) is 6.45. The lowest BCUT2D eigenvalue weighted by atomic mass is 9.90. The largest absolute Gasteiger partial charge is 0.465 e. The van der Waals surface area contributed by atoms with E-state index in [0.29, 0.717) is 21.8 Å². The number of hydrogen-bond donors (Lipinski definition) is 1. The van der Waals surface area contributed by atoms with Crippen LogP contribution in [0, 0.1) is 13.8 Å². The SMILES string of the molecule is COC(=O)c1ccccc1C1NC(=S)N(c2cc(C)cc(C)c2)C(C)=C1C(=O)N(C)C. The van der Waals surface area contributed by atoms with Crippen molar-refractivity contribution in [2.45, 2.75) is 26.8 Å². The molecule has 0 saturated heterocycles. The number of thiocarbonyl (C=S) groups is 1. The predicted molar refractivity (Wildman–Crippen MR) is 126 cm³/mol. The van der Waals surface area contributed by atoms with Crippen molar-refractivity contribution in [2.75, 3.05) is 26.1 Å². The second kappa shape index (κ2) is 8.89. The first kappa shape index (κ1) is 22.5. The third-order valence-electron chi connectivity index (χ3n) is 5.26. The Balaban J connectivity index is 2.24. The molecule has 1 amide bonds. The summed E-state index contributed by atoms with van der Waals surface area (Å²) in [6, 6.07) is 12.7. The van der Waals surface area contributed by atoms with Gasteiger partial charge in [-0.05, 0) is 67.9 Å². The zero-order chi connectivity index (χ0) is 22.9. The minimum atomic E-state index is -0.583. The number of benzene rings is 2. The van der Waals surface area contributed by atoms with Gasteiger partial charge in [0.2, 0.25) is 0 Å². The van der Waals surface area contributed by atoms with Crippen molar-refractivity contribution in [3.63, 3.8) is 0 Å². The van der Waals surface area contributed by atoms with E-state index >= 15 is 0 Å². The highest BCUT2D eigenvalue weighted by Crippen LogP contribution is 2.36. The molecule has 1 heterocycles. The molecule has 3 rings (SSSR count). The third kappa shape index (κ3) is 4.32. The number of anilines is 1. The Labute approximate surface area is 188 Å². The van der Waals surface area contributed by atoms with Crippen LogP contribution in [0.25, 0.3) is 0 Å². The van der Waals surface area contributed by atoms with E-state index in [0.717, 1.165) is 22.5 Å². The van der Waals surface area contributed by atoms with Crippen molar-refractivity contribution in [1.82, 2.24) is 10.2 Å². The van der Waals surface area contributed by atoms with E-state index in [1.165, 1.54) is 12.0 Å². The van der Waals surface area contributed by atoms with Crippen LogP contribution in [0.1, 0.15) is 40.0 Å². The molecule has 0 saturated carbocycles. The first-order valence-corrected chi connectivity index (χ1v) is 10.3. The normalized spacial score (nSPS) is 16.1. The first-order chi connectivity index (χ1) is 14.6. The van der Waals surface area contributed by atoms with E-state index in [2.05, 4.69) is 11.4 Å². The van der Waals surface area contributed by atoms with Gasteiger partial charge in [-0.1, -0.05) is 24.3 Å². The molecule has 6 nitrogen and oxygen atoms in total. The fraction of sp³-hybridized carbons (Fsp3) is 0.292. The van der Waals surface area contributed by atoms with Gasteiger partial charge in [-0.25, -0.2) is 4.79 Å². The van der Waals surface area contributed by atoms with E-state index in [-0.39, 0.29) is 5.91 Å². The summed E-state index contributed by atoms with van der Waals surface area (Å²) in [5.41, 5.74) is 5.36. The number of amides is 1. The maximum Gasteiger partial charge on any atom is 0.338 e. The van der Waals surface area contributed by atoms with Crippen molar-refractivity contribution in [3.8, 4) is 0 Å². The van der Waals surface area contributed by atoms with Crippen molar-refractivity contribution in [3.05, 3.63) is 76.0 Å². The summed E-state index contributed by atoms with van der Waals surface area (Å²) in [5, 5.41) is 3.76. The van der Waals surface area contributed by atoms with Crippen LogP contribution in [0.15, 0.2) is 53.7 Å². The van der Waals surface area contributed by atoms with E-state index in [4.69, 9.17) is 17.0 Å². The first-order valence-electron chi connectivity index (χ1n) is 9.94. The molecule has 31 heavy (non-hydrogen) atoms. The number of nitrogens with zero attached hydrogens (tertiary/aromatic N) is 2. The minimum absolute atomic E-state index is 0.161. The van der Waals surface area contributed by atoms with Crippen LogP contribution in [-0.4, -0.2) is 43.1 Å². The Hall–Kier alpha value is -3.19. The lowest BCUT2D eigenvalue weighted by molar-refractivity contribution is -0.125. The summed E-state index contributed by atoms with van der Waals surface area (Å²) < 4.78 is 4.96. The van der Waals surface area contributed by atoms with Gasteiger partial charge < -0.3 is 15.0 Å². The highest BCUT2D eigenvalue weighted by atomic mass is 32.1. The van der Waals surface area contributed by atoms with Gasteiger partial charge in [0, 0.05) is 25.5 Å². The maximum atomic E-state index is 13.3. The smallest absolute Gasteiger partial charge is 0.338 e. The molecule has 0 aliphatic carbocycles. The van der Waals surface area contributed by atoms with Gasteiger partial charge in [-0.15, -0.1) is 0 Å². The van der Waals surface area contributed by atoms with Crippen LogP contribution >= 0.6 is 12.2 Å². The molecule has 7 heteroatoms. The number of esters is 1. The quantitative estimate of drug-likeness (QED) is 0.579. The summed E-state index contributed by atoms with van der Waals surface area (Å²) >= 11 is 5.73. The summed E-state index contributed by atoms with van der Waals surface area (Å²) in [6.07, 6.45) is 0. The average Bonchev–Trinajstić information content (AvgIpc) is 2.71. The van der Waals surface area contributed by atoms with Crippen molar-refractivity contribution in [2.24, 2.45) is 0 Å². The molecule has 0 radical (unpaired) electrons. The number of nitrogens with one attached hydrogen (secondary N) is 1. The molecule has 162 valence electrons. The lowest BCUT2D eigenvalue weighted by Gasteiger charge is -2.39. The molecular weight excluding hydrogens is 410 g/mol. The predicted octanol–water partition coefficient (Wildman–Crippen LogP) is 3.89. The van der Waals surface area contributed by atoms with E-state index in [9.17, 15) is 9.59 Å². The van der Waals surface area contributed by atoms with Crippen LogP contribution < -0.4 is 10.2 Å². The van der Waals surface area contributed by atoms with Gasteiger partial charge >= 0.3 is 5.97 Å². The average molecular weight is 438 g/mol. The van der Waals surface area contributed by atoms with E-state index in [1.54, 1.807) is 26.2 Å². The Morgan fingerprint density at radius 2 is 1.68 bits per heavy atom. The Bertz CT molecular complexity index is 1070. The van der Waals surface area contributed by atoms with Crippen LogP contribution in [-0.2, 0) is 9.53 Å². The van der Waals surface area contributed by atoms with Gasteiger partial charge in [0.1, 0.15) is 0 Å². The minimum Gasteiger partial charge on any atom is -0.465 e. The Morgan fingerprint density at radius 1 is 1.06 bits per heavy atom. The van der Waals surface area contributed by atoms with Crippen LogP contribution in [0.4, 0.5) is 5.69 Å². The summed E-state index contributed by atoms with van der Waals surface area (Å²) in [6.45, 7) is 5.93. The summed E-state index contributed by atoms with van der Waals surface area (Å²) in [5.74, 6) is -0.624. The fourth-order valence-corrected chi connectivity index (χ4v) is 4.29. The van der Waals surface area contributed by atoms with Crippen LogP contribution in [0.5, 0.6) is 0 Å². The number of carbonyl (C=O) groups excluding carboxylic acids is 2. The number of aryl methyl sites for hydroxylation is 2. The molecule has 1 atom stereocenters. The number of hydrogen-bond acceptors (Lipinski definition) is 4. The zero-order valence-corrected chi connectivity index (χ0v) is 19.5. The van der Waals surface area contributed by atoms with E-state index < -0.39 is 12.0 Å². The second-order valence-corrected chi connectivity index (χ2v) is 8.23. The fourth-order valence-electron chi connectivity index (χ4n) is 3.93. The van der Waals surface area contributed by atoms with E-state index in [1.807, 2.05) is 49.9 Å². The molecule has 1 aliphatic heterocycles. The van der Waals surface area contributed by atoms with Gasteiger partial charge in [0.15, 0.2) is 5.11 Å². The molecule has 2 aromatic carbocycles. The van der Waals surface area contributed by atoms with Gasteiger partial charge in [-0.3, -0.25) is 9.69 Å². The molecule has 2 aromatic rings. The summed E-state index contributed by atoms with van der Waals surface area (Å²) in [4.78, 5) is 29.1. The number of carbonyl (C=O) groups is 2. The van der Waals surface area contributed by atoms with Gasteiger partial charge in [-0.2, -0.15) is 0 Å². The van der Waals surface area contributed by atoms with Gasteiger partial charge in [0.05, 0.1) is 24.3 Å². The van der Waals surface area contributed by atoms with Crippen LogP contribution in [0.2, 0.25) is 0 Å². The third-order valence-corrected chi connectivity index (χ3v) is 5.56. The molecule has 1 unspecified atom stereocenters. The van der Waals surface area contributed by atoms with Gasteiger partial charge in [0.25, 0.3) is 5.91 Å². The maximum absolute atomic E-state index is 13.3. The number of ether oxygens (including phenoxy) is 1. The highest BCUT2D eigenvalue weighted by Gasteiger charge is 2.37. The van der Waals surface area contributed by atoms with Crippen LogP contribution in [0.3, 0.4) is 0 Å². The standard InChI is InChI=1S/C24H27N3O3S/c1-14-11-15(2)13-17(12-14)27-16(3)20(22(28)26(4)5)21(25-24(27)31)18-9-7-8-10-19(18)23(29)30-6/h7-13,21H,1-6H3,(H,25,31). The monoisotopic (exact) mass is 437 g/mol. The van der Waals surface area contributed by atoms with Crippen molar-refractivity contribution < 1.29 is 14.3 Å². The highest BCUT2D eigenvalue weighted by molar-refractivity contribution is 7.80. The zero-order valence-electron chi connectivity index (χ0n) is 18.6. The number of likely N-dealkylation sites (N-methyl/N-ethyl adjacent to an activating group) is 1. The number of rotatable bonds is 4. The molecule has 1 N–H and O–H groups in total. The van der Waals surface area contributed by atoms with Crippen molar-refractivity contribution in [1.29, 1.82) is 0 Å².